The summed E-state index contributed by atoms with van der Waals surface area (Å²) in [5.41, 5.74) is 1.19. The van der Waals surface area contributed by atoms with E-state index in [2.05, 4.69) is 10.6 Å². The van der Waals surface area contributed by atoms with Gasteiger partial charge in [0.15, 0.2) is 0 Å². The number of nitrogens with one attached hydrogen (secondary N) is 2. The summed E-state index contributed by atoms with van der Waals surface area (Å²) in [6, 6.07) is 19.4. The molecule has 0 radical (unpaired) electrons. The van der Waals surface area contributed by atoms with Gasteiger partial charge in [0.1, 0.15) is 5.54 Å². The molecule has 1 amide bonds. The second-order valence-corrected chi connectivity index (χ2v) is 5.10. The van der Waals surface area contributed by atoms with Gasteiger partial charge >= 0.3 is 0 Å². The molecule has 110 valence electrons. The standard InChI is InChI=1S/C18H22N2O/c1-3-18(4-2,20-16-13-9-6-10-14-16)17(21)19-15-11-7-5-8-12-15/h5-14,20H,3-4H2,1-2H3,(H,19,21). The Morgan fingerprint density at radius 1 is 0.857 bits per heavy atom. The van der Waals surface area contributed by atoms with E-state index < -0.39 is 5.54 Å². The molecule has 2 aromatic carbocycles. The highest BCUT2D eigenvalue weighted by Gasteiger charge is 2.34. The van der Waals surface area contributed by atoms with Crippen LogP contribution in [-0.4, -0.2) is 11.4 Å². The molecule has 0 atom stereocenters. The second-order valence-electron chi connectivity index (χ2n) is 5.10. The zero-order chi connectivity index (χ0) is 15.1. The van der Waals surface area contributed by atoms with E-state index in [4.69, 9.17) is 0 Å². The van der Waals surface area contributed by atoms with Gasteiger partial charge in [0, 0.05) is 11.4 Å². The van der Waals surface area contributed by atoms with E-state index in [-0.39, 0.29) is 5.91 Å². The van der Waals surface area contributed by atoms with E-state index in [1.807, 2.05) is 74.5 Å². The van der Waals surface area contributed by atoms with Gasteiger partial charge < -0.3 is 10.6 Å². The van der Waals surface area contributed by atoms with Crippen LogP contribution in [0.4, 0.5) is 11.4 Å². The lowest BCUT2D eigenvalue weighted by Gasteiger charge is -2.32. The number of benzene rings is 2. The van der Waals surface area contributed by atoms with Gasteiger partial charge in [-0.1, -0.05) is 50.2 Å². The van der Waals surface area contributed by atoms with Crippen molar-refractivity contribution in [2.45, 2.75) is 32.2 Å². The van der Waals surface area contributed by atoms with Gasteiger partial charge in [-0.15, -0.1) is 0 Å². The molecule has 0 aliphatic rings. The minimum Gasteiger partial charge on any atom is -0.371 e. The number of carbonyl (C=O) groups excluding carboxylic acids is 1. The molecule has 0 aromatic heterocycles. The van der Waals surface area contributed by atoms with E-state index in [1.54, 1.807) is 0 Å². The lowest BCUT2D eigenvalue weighted by atomic mass is 9.91. The van der Waals surface area contributed by atoms with Crippen molar-refractivity contribution in [2.75, 3.05) is 10.6 Å². The molecule has 0 bridgehead atoms. The number of carbonyl (C=O) groups is 1. The third-order valence-corrected chi connectivity index (χ3v) is 3.83. The molecule has 0 unspecified atom stereocenters. The maximum absolute atomic E-state index is 12.7. The van der Waals surface area contributed by atoms with Crippen molar-refractivity contribution in [1.29, 1.82) is 0 Å². The fourth-order valence-corrected chi connectivity index (χ4v) is 2.37. The average Bonchev–Trinajstić information content (AvgIpc) is 2.54. The van der Waals surface area contributed by atoms with Crippen LogP contribution < -0.4 is 10.6 Å². The highest BCUT2D eigenvalue weighted by atomic mass is 16.2. The third kappa shape index (κ3) is 3.63. The minimum absolute atomic E-state index is 0.00236. The first-order chi connectivity index (χ1) is 10.2. The van der Waals surface area contributed by atoms with Crippen molar-refractivity contribution in [3.63, 3.8) is 0 Å². The second kappa shape index (κ2) is 6.93. The highest BCUT2D eigenvalue weighted by Crippen LogP contribution is 2.24. The lowest BCUT2D eigenvalue weighted by Crippen LogP contribution is -2.48. The maximum atomic E-state index is 12.7. The normalized spacial score (nSPS) is 11.0. The predicted molar refractivity (Wildman–Crippen MR) is 88.4 cm³/mol. The largest absolute Gasteiger partial charge is 0.371 e. The summed E-state index contributed by atoms with van der Waals surface area (Å²) in [4.78, 5) is 12.7. The molecular formula is C18H22N2O. The van der Waals surface area contributed by atoms with Crippen LogP contribution >= 0.6 is 0 Å². The Bertz CT molecular complexity index is 562. The van der Waals surface area contributed by atoms with Gasteiger partial charge in [0.2, 0.25) is 5.91 Å². The molecule has 0 spiro atoms. The Morgan fingerprint density at radius 2 is 1.33 bits per heavy atom. The zero-order valence-corrected chi connectivity index (χ0v) is 12.6. The third-order valence-electron chi connectivity index (χ3n) is 3.83. The monoisotopic (exact) mass is 282 g/mol. The average molecular weight is 282 g/mol. The Hall–Kier alpha value is -2.29. The number of hydrogen-bond acceptors (Lipinski definition) is 2. The zero-order valence-electron chi connectivity index (χ0n) is 12.6. The Balaban J connectivity index is 2.18. The summed E-state index contributed by atoms with van der Waals surface area (Å²) in [6.07, 6.45) is 1.44. The van der Waals surface area contributed by atoms with Crippen LogP contribution in [0.15, 0.2) is 60.7 Å². The fraction of sp³-hybridized carbons (Fsp3) is 0.278. The smallest absolute Gasteiger partial charge is 0.250 e. The van der Waals surface area contributed by atoms with Gasteiger partial charge in [-0.25, -0.2) is 0 Å². The number of rotatable bonds is 6. The van der Waals surface area contributed by atoms with Crippen LogP contribution in [0.2, 0.25) is 0 Å². The van der Waals surface area contributed by atoms with Crippen molar-refractivity contribution < 1.29 is 4.79 Å². The topological polar surface area (TPSA) is 41.1 Å². The summed E-state index contributed by atoms with van der Waals surface area (Å²) in [6.45, 7) is 4.06. The molecule has 0 aliphatic carbocycles. The number of hydrogen-bond donors (Lipinski definition) is 2. The van der Waals surface area contributed by atoms with Crippen LogP contribution in [0.25, 0.3) is 0 Å². The first-order valence-electron chi connectivity index (χ1n) is 7.40. The van der Waals surface area contributed by atoms with Gasteiger partial charge in [-0.2, -0.15) is 0 Å². The molecule has 21 heavy (non-hydrogen) atoms. The summed E-state index contributed by atoms with van der Waals surface area (Å²) in [5.74, 6) is 0.00236. The molecule has 3 nitrogen and oxygen atoms in total. The van der Waals surface area contributed by atoms with Crippen molar-refractivity contribution in [2.24, 2.45) is 0 Å². The Labute approximate surface area is 126 Å². The lowest BCUT2D eigenvalue weighted by molar-refractivity contribution is -0.120. The van der Waals surface area contributed by atoms with Crippen LogP contribution in [0.5, 0.6) is 0 Å². The molecule has 2 N–H and O–H groups in total. The number of para-hydroxylation sites is 2. The van der Waals surface area contributed by atoms with E-state index >= 15 is 0 Å². The fourth-order valence-electron chi connectivity index (χ4n) is 2.37. The van der Waals surface area contributed by atoms with Crippen LogP contribution in [0.3, 0.4) is 0 Å². The molecule has 0 aliphatic heterocycles. The van der Waals surface area contributed by atoms with Gasteiger partial charge in [0.05, 0.1) is 0 Å². The van der Waals surface area contributed by atoms with Gasteiger partial charge in [0.25, 0.3) is 0 Å². The Kier molecular flexibility index (Phi) is 4.99. The SMILES string of the molecule is CCC(CC)(Nc1ccccc1)C(=O)Nc1ccccc1. The van der Waals surface area contributed by atoms with Crippen molar-refractivity contribution in [1.82, 2.24) is 0 Å². The van der Waals surface area contributed by atoms with Gasteiger partial charge in [-0.05, 0) is 37.1 Å². The van der Waals surface area contributed by atoms with E-state index in [0.717, 1.165) is 24.2 Å². The minimum atomic E-state index is -0.600. The molecular weight excluding hydrogens is 260 g/mol. The summed E-state index contributed by atoms with van der Waals surface area (Å²) < 4.78 is 0. The molecule has 2 aromatic rings. The van der Waals surface area contributed by atoms with Crippen molar-refractivity contribution in [3.8, 4) is 0 Å². The van der Waals surface area contributed by atoms with E-state index in [9.17, 15) is 4.79 Å². The molecule has 0 heterocycles. The van der Waals surface area contributed by atoms with Crippen molar-refractivity contribution in [3.05, 3.63) is 60.7 Å². The molecule has 0 saturated carbocycles. The van der Waals surface area contributed by atoms with Crippen LogP contribution in [0, 0.1) is 0 Å². The van der Waals surface area contributed by atoms with Gasteiger partial charge in [-0.3, -0.25) is 4.79 Å². The molecule has 0 saturated heterocycles. The molecule has 0 fully saturated rings. The van der Waals surface area contributed by atoms with Crippen molar-refractivity contribution >= 4 is 17.3 Å². The summed E-state index contributed by atoms with van der Waals surface area (Å²) in [5, 5.41) is 6.40. The number of amides is 1. The molecule has 3 heteroatoms. The quantitative estimate of drug-likeness (QED) is 0.829. The number of anilines is 2. The summed E-state index contributed by atoms with van der Waals surface area (Å²) in [7, 11) is 0. The van der Waals surface area contributed by atoms with E-state index in [0.29, 0.717) is 0 Å². The first kappa shape index (κ1) is 15.1. The van der Waals surface area contributed by atoms with E-state index in [1.165, 1.54) is 0 Å². The highest BCUT2D eigenvalue weighted by molar-refractivity contribution is 6.00. The maximum Gasteiger partial charge on any atom is 0.250 e. The van der Waals surface area contributed by atoms with Crippen LogP contribution in [-0.2, 0) is 4.79 Å². The predicted octanol–water partition coefficient (Wildman–Crippen LogP) is 4.30. The molecule has 2 rings (SSSR count). The van der Waals surface area contributed by atoms with Crippen LogP contribution in [0.1, 0.15) is 26.7 Å². The Morgan fingerprint density at radius 3 is 1.81 bits per heavy atom. The first-order valence-corrected chi connectivity index (χ1v) is 7.40. The summed E-state index contributed by atoms with van der Waals surface area (Å²) >= 11 is 0.